The first kappa shape index (κ1) is 11.4. The molecule has 15 heavy (non-hydrogen) atoms. The first-order valence-corrected chi connectivity index (χ1v) is 6.89. The van der Waals surface area contributed by atoms with E-state index < -0.39 is 0 Å². The van der Waals surface area contributed by atoms with E-state index in [1.807, 2.05) is 13.8 Å². The van der Waals surface area contributed by atoms with Gasteiger partial charge >= 0.3 is 0 Å². The maximum atomic E-state index is 4.83. The van der Waals surface area contributed by atoms with Gasteiger partial charge in [0.15, 0.2) is 0 Å². The molecule has 0 spiro atoms. The Morgan fingerprint density at radius 2 is 0.933 bits per heavy atom. The molecule has 0 saturated heterocycles. The average molecular weight is 210 g/mol. The highest BCUT2D eigenvalue weighted by Gasteiger charge is 2.41. The van der Waals surface area contributed by atoms with Gasteiger partial charge in [0, 0.05) is 13.2 Å². The molecule has 0 atom stereocenters. The Hall–Kier alpha value is -0.0400. The molecule has 0 heterocycles. The fraction of sp³-hybridized carbons (Fsp3) is 1.00. The molecule has 4 aliphatic carbocycles. The summed E-state index contributed by atoms with van der Waals surface area (Å²) in [4.78, 5) is 0. The van der Waals surface area contributed by atoms with Gasteiger partial charge in [0.25, 0.3) is 0 Å². The van der Waals surface area contributed by atoms with Crippen molar-refractivity contribution in [3.8, 4) is 0 Å². The highest BCUT2D eigenvalue weighted by molar-refractivity contribution is 4.92. The van der Waals surface area contributed by atoms with Crippen molar-refractivity contribution in [2.45, 2.75) is 52.4 Å². The van der Waals surface area contributed by atoms with Crippen LogP contribution in [0.4, 0.5) is 0 Å². The third-order valence-electron chi connectivity index (χ3n) is 4.41. The molecule has 0 aromatic rings. The molecule has 0 unspecified atom stereocenters. The van der Waals surface area contributed by atoms with E-state index in [1.165, 1.54) is 23.7 Å². The number of ether oxygens (including phenoxy) is 1. The third-order valence-corrected chi connectivity index (χ3v) is 4.41. The van der Waals surface area contributed by atoms with Crippen LogP contribution in [0.1, 0.15) is 52.4 Å². The van der Waals surface area contributed by atoms with E-state index in [-0.39, 0.29) is 0 Å². The summed E-state index contributed by atoms with van der Waals surface area (Å²) in [5.41, 5.74) is 0. The summed E-state index contributed by atoms with van der Waals surface area (Å²) in [5, 5.41) is 0. The smallest absolute Gasteiger partial charge is 0.0437 e. The van der Waals surface area contributed by atoms with E-state index in [9.17, 15) is 0 Å². The van der Waals surface area contributed by atoms with Gasteiger partial charge in [0.2, 0.25) is 0 Å². The lowest BCUT2D eigenvalue weighted by Gasteiger charge is -2.49. The Labute approximate surface area is 94.6 Å². The van der Waals surface area contributed by atoms with Crippen LogP contribution in [0.25, 0.3) is 0 Å². The second-order valence-corrected chi connectivity index (χ2v) is 5.66. The molecule has 0 N–H and O–H groups in total. The van der Waals surface area contributed by atoms with Crippen molar-refractivity contribution >= 4 is 0 Å². The van der Waals surface area contributed by atoms with E-state index in [1.54, 1.807) is 38.5 Å². The van der Waals surface area contributed by atoms with Crippen LogP contribution in [-0.4, -0.2) is 13.2 Å². The summed E-state index contributed by atoms with van der Waals surface area (Å²) in [6.45, 7) is 5.67. The summed E-state index contributed by atoms with van der Waals surface area (Å²) in [6.07, 6.45) is 9.62. The van der Waals surface area contributed by atoms with Crippen LogP contribution in [0.3, 0.4) is 0 Å². The van der Waals surface area contributed by atoms with Crippen LogP contribution in [0.15, 0.2) is 0 Å². The van der Waals surface area contributed by atoms with Crippen LogP contribution in [0.2, 0.25) is 0 Å². The summed E-state index contributed by atoms with van der Waals surface area (Å²) >= 11 is 0. The lowest BCUT2D eigenvalue weighted by Crippen LogP contribution is -2.38. The van der Waals surface area contributed by atoms with Crippen molar-refractivity contribution in [3.05, 3.63) is 0 Å². The summed E-state index contributed by atoms with van der Waals surface area (Å²) < 4.78 is 4.83. The largest absolute Gasteiger partial charge is 0.382 e. The zero-order valence-corrected chi connectivity index (χ0v) is 10.4. The first-order chi connectivity index (χ1) is 7.31. The molecule has 0 aromatic heterocycles. The summed E-state index contributed by atoms with van der Waals surface area (Å²) in [6, 6.07) is 0. The van der Waals surface area contributed by atoms with Crippen LogP contribution in [-0.2, 0) is 4.74 Å². The monoisotopic (exact) mass is 210 g/mol. The Morgan fingerprint density at radius 3 is 1.07 bits per heavy atom. The van der Waals surface area contributed by atoms with Gasteiger partial charge in [-0.05, 0) is 76.0 Å². The quantitative estimate of drug-likeness (QED) is 0.672. The predicted octanol–water partition coefficient (Wildman–Crippen LogP) is 3.88. The lowest BCUT2D eigenvalue weighted by molar-refractivity contribution is 0.0198. The topological polar surface area (TPSA) is 9.23 Å². The Morgan fingerprint density at radius 1 is 0.667 bits per heavy atom. The number of hydrogen-bond acceptors (Lipinski definition) is 1. The molecule has 1 nitrogen and oxygen atoms in total. The standard InChI is InChI=1S/C10H16.C4H10O/c1-7-2-9-4-8(1)5-10(3-7)6-9;1-3-5-4-2/h7-10H,1-6H2;3-4H2,1-2H3. The second-order valence-electron chi connectivity index (χ2n) is 5.66. The van der Waals surface area contributed by atoms with E-state index in [2.05, 4.69) is 0 Å². The van der Waals surface area contributed by atoms with Gasteiger partial charge in [-0.1, -0.05) is 0 Å². The van der Waals surface area contributed by atoms with Gasteiger partial charge in [-0.15, -0.1) is 0 Å². The Bertz CT molecular complexity index is 129. The van der Waals surface area contributed by atoms with Crippen molar-refractivity contribution in [2.75, 3.05) is 13.2 Å². The van der Waals surface area contributed by atoms with Crippen molar-refractivity contribution < 1.29 is 4.74 Å². The number of rotatable bonds is 2. The minimum absolute atomic E-state index is 0.844. The van der Waals surface area contributed by atoms with Crippen molar-refractivity contribution in [3.63, 3.8) is 0 Å². The molecule has 0 amide bonds. The maximum absolute atomic E-state index is 4.83. The number of hydrogen-bond donors (Lipinski definition) is 0. The van der Waals surface area contributed by atoms with E-state index in [0.29, 0.717) is 0 Å². The molecule has 4 bridgehead atoms. The molecule has 0 aliphatic heterocycles. The highest BCUT2D eigenvalue weighted by atomic mass is 16.5. The minimum Gasteiger partial charge on any atom is -0.382 e. The Kier molecular flexibility index (Phi) is 4.07. The normalized spacial score (nSPS) is 41.2. The summed E-state index contributed by atoms with van der Waals surface area (Å²) in [5.74, 6) is 4.71. The molecule has 4 aliphatic rings. The van der Waals surface area contributed by atoms with Crippen molar-refractivity contribution in [1.29, 1.82) is 0 Å². The van der Waals surface area contributed by atoms with Gasteiger partial charge in [-0.25, -0.2) is 0 Å². The molecule has 0 radical (unpaired) electrons. The van der Waals surface area contributed by atoms with Gasteiger partial charge < -0.3 is 4.74 Å². The highest BCUT2D eigenvalue weighted by Crippen LogP contribution is 2.53. The molecule has 4 saturated carbocycles. The van der Waals surface area contributed by atoms with Crippen LogP contribution in [0.5, 0.6) is 0 Å². The van der Waals surface area contributed by atoms with Crippen molar-refractivity contribution in [2.24, 2.45) is 23.7 Å². The maximum Gasteiger partial charge on any atom is 0.0437 e. The summed E-state index contributed by atoms with van der Waals surface area (Å²) in [7, 11) is 0. The van der Waals surface area contributed by atoms with Crippen LogP contribution >= 0.6 is 0 Å². The molecular weight excluding hydrogens is 184 g/mol. The van der Waals surface area contributed by atoms with E-state index in [4.69, 9.17) is 4.74 Å². The average Bonchev–Trinajstić information content (AvgIpc) is 2.17. The fourth-order valence-corrected chi connectivity index (χ4v) is 4.19. The molecule has 4 fully saturated rings. The van der Waals surface area contributed by atoms with Crippen LogP contribution in [0, 0.1) is 23.7 Å². The van der Waals surface area contributed by atoms with Gasteiger partial charge in [-0.3, -0.25) is 0 Å². The third kappa shape index (κ3) is 2.96. The Balaban J connectivity index is 0.000000149. The van der Waals surface area contributed by atoms with E-state index >= 15 is 0 Å². The lowest BCUT2D eigenvalue weighted by atomic mass is 9.56. The van der Waals surface area contributed by atoms with Gasteiger partial charge in [-0.2, -0.15) is 0 Å². The molecule has 4 rings (SSSR count). The predicted molar refractivity (Wildman–Crippen MR) is 63.8 cm³/mol. The van der Waals surface area contributed by atoms with Gasteiger partial charge in [0.1, 0.15) is 0 Å². The zero-order chi connectivity index (χ0) is 10.7. The molecule has 1 heteroatoms. The first-order valence-electron chi connectivity index (χ1n) is 6.89. The second kappa shape index (κ2) is 5.34. The minimum atomic E-state index is 0.844. The van der Waals surface area contributed by atoms with Gasteiger partial charge in [0.05, 0.1) is 0 Å². The fourth-order valence-electron chi connectivity index (χ4n) is 4.19. The van der Waals surface area contributed by atoms with Crippen molar-refractivity contribution in [1.82, 2.24) is 0 Å². The SMILES string of the molecule is C1C2CC3CC1CC(C2)C3.CCOCC. The molecular formula is C14H26O. The van der Waals surface area contributed by atoms with E-state index in [0.717, 1.165) is 13.2 Å². The molecule has 88 valence electrons. The molecule has 0 aromatic carbocycles. The zero-order valence-electron chi connectivity index (χ0n) is 10.4. The van der Waals surface area contributed by atoms with Crippen LogP contribution < -0.4 is 0 Å².